The summed E-state index contributed by atoms with van der Waals surface area (Å²) in [4.78, 5) is 15.6. The van der Waals surface area contributed by atoms with Crippen LogP contribution in [0.25, 0.3) is 0 Å². The van der Waals surface area contributed by atoms with Crippen LogP contribution in [0.1, 0.15) is 135 Å². The van der Waals surface area contributed by atoms with Gasteiger partial charge in [-0.3, -0.25) is 4.79 Å². The van der Waals surface area contributed by atoms with E-state index in [1.807, 2.05) is 0 Å². The highest BCUT2D eigenvalue weighted by Crippen LogP contribution is 2.74. The molecule has 0 bridgehead atoms. The van der Waals surface area contributed by atoms with Crippen molar-refractivity contribution in [3.63, 3.8) is 0 Å². The van der Waals surface area contributed by atoms with E-state index in [4.69, 9.17) is 4.74 Å². The minimum absolute atomic E-state index is 0.0596. The molecule has 0 fully saturated rings. The highest BCUT2D eigenvalue weighted by Gasteiger charge is 2.74. The zero-order chi connectivity index (χ0) is 53.6. The number of aliphatic hydroxyl groups is 20. The number of esters is 1. The molecule has 0 rings (SSSR count). The molecule has 22 heteroatoms. The lowest BCUT2D eigenvalue weighted by molar-refractivity contribution is -0.270. The van der Waals surface area contributed by atoms with Gasteiger partial charge in [0.05, 0.1) is 126 Å². The highest BCUT2D eigenvalue weighted by atomic mass is 16.5. The highest BCUT2D eigenvalue weighted by molar-refractivity contribution is 5.79. The van der Waals surface area contributed by atoms with Gasteiger partial charge in [0, 0.05) is 0 Å². The molecule has 0 radical (unpaired) electrons. The minimum Gasteiger partial charge on any atom is -0.462 e. The summed E-state index contributed by atoms with van der Waals surface area (Å²) < 4.78 is 5.65. The fourth-order valence-corrected chi connectivity index (χ4v) is 11.7. The lowest BCUT2D eigenvalue weighted by Gasteiger charge is -2.70. The second kappa shape index (κ2) is 36.6. The van der Waals surface area contributed by atoms with Gasteiger partial charge in [-0.05, 0) is 86.4 Å². The normalized spacial score (nSPS) is 20.6. The van der Waals surface area contributed by atoms with Crippen LogP contribution >= 0.6 is 0 Å². The fraction of sp³-hybridized carbons (Fsp3) is 0.979. The Balaban J connectivity index is 10.0. The van der Waals surface area contributed by atoms with Gasteiger partial charge in [0.2, 0.25) is 0 Å². The molecule has 22 nitrogen and oxygen atoms in total. The summed E-state index contributed by atoms with van der Waals surface area (Å²) in [6.07, 6.45) is -20.0. The number of hydrogen-bond acceptors (Lipinski definition) is 22. The Morgan fingerprint density at radius 2 is 0.671 bits per heavy atom. The summed E-state index contributed by atoms with van der Waals surface area (Å²) in [6.45, 7) is -10.1. The Bertz CT molecular complexity index is 1250. The van der Waals surface area contributed by atoms with Crippen LogP contribution in [0, 0.1) is 27.6 Å². The Labute approximate surface area is 413 Å². The first kappa shape index (κ1) is 68.7. The summed E-state index contributed by atoms with van der Waals surface area (Å²) in [5, 5.41) is 223. The van der Waals surface area contributed by atoms with Crippen molar-refractivity contribution in [3.05, 3.63) is 0 Å². The van der Waals surface area contributed by atoms with Crippen LogP contribution in [-0.2, 0) is 9.53 Å². The van der Waals surface area contributed by atoms with E-state index in [0.29, 0.717) is 12.8 Å². The lowest BCUT2D eigenvalue weighted by Crippen LogP contribution is -2.70. The maximum Gasteiger partial charge on any atom is 0.312 e. The molecular formula is C48H96O22. The van der Waals surface area contributed by atoms with Gasteiger partial charge in [-0.25, -0.2) is 0 Å². The van der Waals surface area contributed by atoms with Crippen molar-refractivity contribution in [2.24, 2.45) is 27.6 Å². The largest absolute Gasteiger partial charge is 0.462 e. The predicted molar refractivity (Wildman–Crippen MR) is 253 cm³/mol. The lowest BCUT2D eigenvalue weighted by atomic mass is 9.33. The van der Waals surface area contributed by atoms with E-state index in [-0.39, 0.29) is 12.8 Å². The third kappa shape index (κ3) is 20.4. The number of aliphatic hydroxyl groups excluding tert-OH is 20. The Morgan fingerprint density at radius 1 is 0.371 bits per heavy atom. The molecule has 0 aromatic heterocycles. The second-order valence-electron chi connectivity index (χ2n) is 19.9. The molecule has 0 aromatic rings. The van der Waals surface area contributed by atoms with Crippen molar-refractivity contribution >= 4 is 5.97 Å². The number of unbranched alkanes of at least 4 members (excludes halogenated alkanes) is 9. The van der Waals surface area contributed by atoms with E-state index in [1.54, 1.807) is 0 Å². The number of hydrogen-bond donors (Lipinski definition) is 20. The fourth-order valence-electron chi connectivity index (χ4n) is 11.7. The van der Waals surface area contributed by atoms with E-state index in [9.17, 15) is 102 Å². The summed E-state index contributed by atoms with van der Waals surface area (Å²) >= 11 is 0. The minimum atomic E-state index is -2.94. The number of carbonyl (C=O) groups is 1. The molecule has 0 heterocycles. The predicted octanol–water partition coefficient (Wildman–Crippen LogP) is -3.55. The van der Waals surface area contributed by atoms with E-state index in [2.05, 4.69) is 6.92 Å². The van der Waals surface area contributed by atoms with Crippen molar-refractivity contribution in [3.8, 4) is 0 Å². The van der Waals surface area contributed by atoms with Gasteiger partial charge >= 0.3 is 5.97 Å². The number of rotatable bonds is 46. The molecule has 0 saturated heterocycles. The molecule has 11 unspecified atom stereocenters. The van der Waals surface area contributed by atoms with Crippen LogP contribution in [-0.4, -0.2) is 242 Å². The molecule has 0 aliphatic carbocycles. The maximum atomic E-state index is 15.6. The van der Waals surface area contributed by atoms with Crippen LogP contribution in [0.5, 0.6) is 0 Å². The first-order chi connectivity index (χ1) is 33.2. The Hall–Kier alpha value is -1.33. The molecular weight excluding hydrogens is 929 g/mol. The summed E-state index contributed by atoms with van der Waals surface area (Å²) in [6, 6.07) is 0. The summed E-state index contributed by atoms with van der Waals surface area (Å²) in [5.74, 6) is -2.90. The van der Waals surface area contributed by atoms with Crippen molar-refractivity contribution in [1.29, 1.82) is 0 Å². The van der Waals surface area contributed by atoms with Gasteiger partial charge in [0.15, 0.2) is 0 Å². The molecule has 0 aliphatic rings. The monoisotopic (exact) mass is 1020 g/mol. The maximum absolute atomic E-state index is 15.6. The quantitative estimate of drug-likeness (QED) is 0.0207. The van der Waals surface area contributed by atoms with Crippen LogP contribution in [0.3, 0.4) is 0 Å². The number of ether oxygens (including phenoxy) is 1. The van der Waals surface area contributed by atoms with Crippen LogP contribution in [0.2, 0.25) is 0 Å². The molecule has 0 saturated carbocycles. The molecule has 20 N–H and O–H groups in total. The third-order valence-corrected chi connectivity index (χ3v) is 14.6. The van der Waals surface area contributed by atoms with E-state index < -0.39 is 225 Å². The van der Waals surface area contributed by atoms with Crippen molar-refractivity contribution in [2.45, 2.75) is 196 Å². The average Bonchev–Trinajstić information content (AvgIpc) is 3.35. The first-order valence-corrected chi connectivity index (χ1v) is 25.2. The second-order valence-corrected chi connectivity index (χ2v) is 19.9. The smallest absolute Gasteiger partial charge is 0.312 e. The van der Waals surface area contributed by atoms with Crippen molar-refractivity contribution in [1.82, 2.24) is 0 Å². The topological polar surface area (TPSA) is 431 Å². The van der Waals surface area contributed by atoms with E-state index >= 15 is 4.79 Å². The van der Waals surface area contributed by atoms with Gasteiger partial charge in [0.25, 0.3) is 0 Å². The Morgan fingerprint density at radius 3 is 1.01 bits per heavy atom. The van der Waals surface area contributed by atoms with Crippen LogP contribution < -0.4 is 0 Å². The van der Waals surface area contributed by atoms with Crippen LogP contribution in [0.15, 0.2) is 0 Å². The third-order valence-electron chi connectivity index (χ3n) is 14.6. The SMILES string of the molecule is CCCCCCCCCCCCC(CC(O)CO)C(CC(O)CO)(CC(O)CO)C(CC(O)CO)(CC(O)CO)C(CC(O)CO)(CC(O)CO)C(CC(O)CO)(CC(O)CO)C(=O)OCC(O)CO. The van der Waals surface area contributed by atoms with E-state index in [0.717, 1.165) is 44.9 Å². The van der Waals surface area contributed by atoms with Crippen molar-refractivity contribution in [2.75, 3.05) is 72.7 Å². The van der Waals surface area contributed by atoms with Gasteiger partial charge in [0.1, 0.15) is 12.7 Å². The molecule has 0 amide bonds. The molecule has 420 valence electrons. The van der Waals surface area contributed by atoms with Crippen molar-refractivity contribution < 1.29 is 112 Å². The average molecular weight is 1030 g/mol. The van der Waals surface area contributed by atoms with Crippen LogP contribution in [0.4, 0.5) is 0 Å². The van der Waals surface area contributed by atoms with Gasteiger partial charge in [-0.1, -0.05) is 71.1 Å². The molecule has 0 spiro atoms. The molecule has 0 aliphatic heterocycles. The van der Waals surface area contributed by atoms with Gasteiger partial charge in [-0.15, -0.1) is 0 Å². The van der Waals surface area contributed by atoms with Gasteiger partial charge < -0.3 is 107 Å². The first-order valence-electron chi connectivity index (χ1n) is 25.2. The molecule has 0 aromatic carbocycles. The zero-order valence-electron chi connectivity index (χ0n) is 41.5. The summed E-state index contributed by atoms with van der Waals surface area (Å²) in [7, 11) is 0. The van der Waals surface area contributed by atoms with E-state index in [1.165, 1.54) is 0 Å². The zero-order valence-corrected chi connectivity index (χ0v) is 41.5. The number of carbonyl (C=O) groups excluding carboxylic acids is 1. The summed E-state index contributed by atoms with van der Waals surface area (Å²) in [5.41, 5.74) is -10.8. The molecule has 11 atom stereocenters. The standard InChI is InChI=1S/C48H96O22/c1-2-3-4-5-6-7-8-9-10-11-12-33(13-34(59)22-49)45(14-35(60)23-50,15-36(61)24-51)47(18-39(64)27-54,19-40(65)28-55)48(20-41(66)29-56,21-42(67)30-57)46(16-37(62)25-52,17-38(63)26-53)44(69)70-32-43(68)31-58/h33-43,49-68H,2-32H2,1H3. The Kier molecular flexibility index (Phi) is 35.9. The van der Waals surface area contributed by atoms with Gasteiger partial charge in [-0.2, -0.15) is 0 Å². The molecule has 70 heavy (non-hydrogen) atoms.